The molecule has 1 aliphatic rings. The second-order valence-corrected chi connectivity index (χ2v) is 3.08. The number of hydrogen-bond donors (Lipinski definition) is 4. The lowest BCUT2D eigenvalue weighted by Crippen LogP contribution is -2.61. The van der Waals surface area contributed by atoms with Crippen LogP contribution in [0.5, 0.6) is 0 Å². The third-order valence-electron chi connectivity index (χ3n) is 2.43. The van der Waals surface area contributed by atoms with Gasteiger partial charge in [-0.25, -0.2) is 21.0 Å². The molecule has 0 aromatic heterocycles. The van der Waals surface area contributed by atoms with Crippen LogP contribution in [0.15, 0.2) is 0 Å². The maximum absolute atomic E-state index is 8.57. The highest BCUT2D eigenvalue weighted by Gasteiger charge is 2.62. The predicted molar refractivity (Wildman–Crippen MR) is 38.8 cm³/mol. The number of hydrogen-bond acceptors (Lipinski definition) is 8. The summed E-state index contributed by atoms with van der Waals surface area (Å²) in [5, 5.41) is 34.3. The maximum Gasteiger partial charge on any atom is 0.291 e. The van der Waals surface area contributed by atoms with Gasteiger partial charge in [-0.05, 0) is 12.8 Å². The Bertz CT molecular complexity index is 155. The van der Waals surface area contributed by atoms with Crippen LogP contribution in [-0.2, 0) is 19.6 Å². The van der Waals surface area contributed by atoms with E-state index in [4.69, 9.17) is 21.0 Å². The molecule has 8 heteroatoms. The van der Waals surface area contributed by atoms with Gasteiger partial charge in [0.05, 0.1) is 0 Å². The fraction of sp³-hybridized carbons (Fsp3) is 1.00. The van der Waals surface area contributed by atoms with Crippen LogP contribution in [0.1, 0.15) is 25.7 Å². The molecule has 0 spiro atoms. The van der Waals surface area contributed by atoms with Crippen molar-refractivity contribution < 1.29 is 40.6 Å². The van der Waals surface area contributed by atoms with Crippen molar-refractivity contribution in [2.75, 3.05) is 0 Å². The van der Waals surface area contributed by atoms with Crippen molar-refractivity contribution in [2.24, 2.45) is 0 Å². The smallest absolute Gasteiger partial charge is 0.248 e. The first-order valence-corrected chi connectivity index (χ1v) is 4.00. The number of rotatable bonds is 4. The molecule has 0 amide bonds. The molecule has 8 nitrogen and oxygen atoms in total. The largest absolute Gasteiger partial charge is 0.291 e. The van der Waals surface area contributed by atoms with Gasteiger partial charge in [-0.2, -0.15) is 19.6 Å². The molecule has 1 fully saturated rings. The molecule has 0 unspecified atom stereocenters. The van der Waals surface area contributed by atoms with Gasteiger partial charge in [0, 0.05) is 12.8 Å². The molecule has 4 N–H and O–H groups in total. The topological polar surface area (TPSA) is 118 Å². The van der Waals surface area contributed by atoms with E-state index in [1.54, 1.807) is 0 Å². The fourth-order valence-corrected chi connectivity index (χ4v) is 1.59. The van der Waals surface area contributed by atoms with Crippen molar-refractivity contribution in [1.29, 1.82) is 0 Å². The molecule has 0 atom stereocenters. The van der Waals surface area contributed by atoms with E-state index in [0.717, 1.165) is 0 Å². The normalized spacial score (nSPS) is 24.9. The molecule has 1 rings (SSSR count). The Morgan fingerprint density at radius 3 is 1.14 bits per heavy atom. The summed E-state index contributed by atoms with van der Waals surface area (Å²) in [4.78, 5) is 15.5. The summed E-state index contributed by atoms with van der Waals surface area (Å²) >= 11 is 0. The van der Waals surface area contributed by atoms with Crippen molar-refractivity contribution >= 4 is 0 Å². The van der Waals surface area contributed by atoms with Gasteiger partial charge in [-0.1, -0.05) is 0 Å². The van der Waals surface area contributed by atoms with Crippen molar-refractivity contribution in [2.45, 2.75) is 37.3 Å². The van der Waals surface area contributed by atoms with Crippen LogP contribution >= 0.6 is 0 Å². The average molecular weight is 212 g/mol. The first-order chi connectivity index (χ1) is 6.70. The Hall–Kier alpha value is -0.320. The Balaban J connectivity index is 2.96. The van der Waals surface area contributed by atoms with Crippen LogP contribution in [0.4, 0.5) is 0 Å². The minimum Gasteiger partial charge on any atom is -0.248 e. The molecule has 0 aromatic rings. The van der Waals surface area contributed by atoms with Gasteiger partial charge in [0.25, 0.3) is 11.6 Å². The van der Waals surface area contributed by atoms with Crippen molar-refractivity contribution in [1.82, 2.24) is 0 Å². The highest BCUT2D eigenvalue weighted by Crippen LogP contribution is 2.42. The highest BCUT2D eigenvalue weighted by molar-refractivity contribution is 4.90. The second kappa shape index (κ2) is 4.47. The van der Waals surface area contributed by atoms with Crippen molar-refractivity contribution in [3.05, 3.63) is 0 Å². The lowest BCUT2D eigenvalue weighted by Gasteiger charge is -2.42. The first kappa shape index (κ1) is 11.8. The fourth-order valence-electron chi connectivity index (χ4n) is 1.59. The van der Waals surface area contributed by atoms with E-state index in [1.807, 2.05) is 0 Å². The van der Waals surface area contributed by atoms with E-state index in [0.29, 0.717) is 12.8 Å². The van der Waals surface area contributed by atoms with Crippen LogP contribution < -0.4 is 0 Å². The second-order valence-electron chi connectivity index (χ2n) is 3.08. The molecule has 1 aliphatic carbocycles. The van der Waals surface area contributed by atoms with Crippen molar-refractivity contribution in [3.63, 3.8) is 0 Å². The minimum atomic E-state index is -2.16. The lowest BCUT2D eigenvalue weighted by molar-refractivity contribution is -0.619. The predicted octanol–water partition coefficient (Wildman–Crippen LogP) is 0.911. The standard InChI is InChI=1S/C6H12O8/c7-11-5(12-8)3-1-2-4-6(5,13-9)14-10/h7-10H,1-4H2. The van der Waals surface area contributed by atoms with E-state index < -0.39 is 11.6 Å². The summed E-state index contributed by atoms with van der Waals surface area (Å²) in [6.45, 7) is 0. The van der Waals surface area contributed by atoms with Gasteiger partial charge < -0.3 is 0 Å². The summed E-state index contributed by atoms with van der Waals surface area (Å²) in [5.74, 6) is -4.32. The quantitative estimate of drug-likeness (QED) is 0.308. The van der Waals surface area contributed by atoms with Gasteiger partial charge in [0.15, 0.2) is 0 Å². The zero-order valence-electron chi connectivity index (χ0n) is 7.25. The Kier molecular flexibility index (Phi) is 3.75. The zero-order valence-corrected chi connectivity index (χ0v) is 7.25. The molecule has 1 saturated carbocycles. The summed E-state index contributed by atoms with van der Waals surface area (Å²) in [6, 6.07) is 0. The van der Waals surface area contributed by atoms with E-state index >= 15 is 0 Å². The molecule has 0 radical (unpaired) electrons. The maximum atomic E-state index is 8.57. The van der Waals surface area contributed by atoms with Gasteiger partial charge in [-0.15, -0.1) is 0 Å². The Morgan fingerprint density at radius 2 is 0.929 bits per heavy atom. The summed E-state index contributed by atoms with van der Waals surface area (Å²) in [7, 11) is 0. The summed E-state index contributed by atoms with van der Waals surface area (Å²) < 4.78 is 0. The average Bonchev–Trinajstić information content (AvgIpc) is 2.28. The van der Waals surface area contributed by atoms with E-state index in [2.05, 4.69) is 19.6 Å². The van der Waals surface area contributed by atoms with Gasteiger partial charge in [-0.3, -0.25) is 0 Å². The molecular formula is C6H12O8. The molecule has 0 heterocycles. The summed E-state index contributed by atoms with van der Waals surface area (Å²) in [6.07, 6.45) is 0.993. The van der Waals surface area contributed by atoms with E-state index in [1.165, 1.54) is 0 Å². The molecule has 84 valence electrons. The van der Waals surface area contributed by atoms with E-state index in [-0.39, 0.29) is 12.8 Å². The van der Waals surface area contributed by atoms with Crippen LogP contribution in [0.25, 0.3) is 0 Å². The SMILES string of the molecule is OOC1(OO)CCCCC1(OO)OO. The monoisotopic (exact) mass is 212 g/mol. The third-order valence-corrected chi connectivity index (χ3v) is 2.43. The first-order valence-electron chi connectivity index (χ1n) is 4.00. The van der Waals surface area contributed by atoms with Gasteiger partial charge >= 0.3 is 0 Å². The molecule has 14 heavy (non-hydrogen) atoms. The van der Waals surface area contributed by atoms with Gasteiger partial charge in [0.1, 0.15) is 0 Å². The molecule has 0 aromatic carbocycles. The van der Waals surface area contributed by atoms with Gasteiger partial charge in [0.2, 0.25) is 0 Å². The van der Waals surface area contributed by atoms with Crippen LogP contribution in [-0.4, -0.2) is 32.6 Å². The third kappa shape index (κ3) is 1.51. The highest BCUT2D eigenvalue weighted by atomic mass is 17.3. The zero-order chi connectivity index (χ0) is 10.7. The molecule has 0 aliphatic heterocycles. The van der Waals surface area contributed by atoms with Crippen molar-refractivity contribution in [3.8, 4) is 0 Å². The molecular weight excluding hydrogens is 200 g/mol. The Labute approximate surface area is 78.9 Å². The van der Waals surface area contributed by atoms with Crippen LogP contribution in [0.3, 0.4) is 0 Å². The minimum absolute atomic E-state index is 0.0267. The summed E-state index contributed by atoms with van der Waals surface area (Å²) in [5.41, 5.74) is 0. The van der Waals surface area contributed by atoms with E-state index in [9.17, 15) is 0 Å². The molecule has 0 bridgehead atoms. The van der Waals surface area contributed by atoms with Crippen LogP contribution in [0, 0.1) is 0 Å². The van der Waals surface area contributed by atoms with Crippen LogP contribution in [0.2, 0.25) is 0 Å². The molecule has 0 saturated heterocycles. The Morgan fingerprint density at radius 1 is 0.643 bits per heavy atom. The lowest BCUT2D eigenvalue weighted by atomic mass is 9.88.